The van der Waals surface area contributed by atoms with Crippen molar-refractivity contribution >= 4 is 39.9 Å². The Morgan fingerprint density at radius 1 is 1.04 bits per heavy atom. The maximum atomic E-state index is 14.5. The summed E-state index contributed by atoms with van der Waals surface area (Å²) >= 11 is 0. The number of fused-ring (bicyclic) bond motifs is 3. The smallest absolute Gasteiger partial charge is 0.410 e. The number of carbonyl (C=O) groups excluding carboxylic acids is 5. The summed E-state index contributed by atoms with van der Waals surface area (Å²) in [6.07, 6.45) is 3.55. The molecule has 2 aromatic rings. The zero-order chi connectivity index (χ0) is 40.6. The van der Waals surface area contributed by atoms with E-state index in [1.54, 1.807) is 39.0 Å². The normalized spacial score (nSPS) is 25.5. The maximum absolute atomic E-state index is 14.5. The molecule has 17 heteroatoms. The van der Waals surface area contributed by atoms with E-state index >= 15 is 0 Å². The molecular formula is C39H47F2N5O9S. The van der Waals surface area contributed by atoms with Gasteiger partial charge >= 0.3 is 12.2 Å². The molecule has 0 radical (unpaired) electrons. The number of alkyl carbamates (subject to hydrolysis) is 1. The van der Waals surface area contributed by atoms with E-state index in [0.717, 1.165) is 18.2 Å². The molecule has 6 rings (SSSR count). The molecule has 3 aliphatic heterocycles. The minimum absolute atomic E-state index is 0.0328. The number of aryl methyl sites for hydroxylation is 1. The SMILES string of the molecule is Cc1cc(F)ccc1S(=O)(=O)NC(=O)[C@@]12C[C@H]1C=CCCCCC[C@H](NC(=O)OC(C)(C)C)C(=O)N1C[C@H](OC(=O)N3Cc4cccc(F)c4C3)C[C@H]1C(=O)N2. The van der Waals surface area contributed by atoms with Crippen molar-refractivity contribution in [1.29, 1.82) is 0 Å². The van der Waals surface area contributed by atoms with Crippen molar-refractivity contribution in [2.45, 2.75) is 120 Å². The summed E-state index contributed by atoms with van der Waals surface area (Å²) in [5, 5.41) is 5.38. The van der Waals surface area contributed by atoms with Gasteiger partial charge in [0.1, 0.15) is 41.0 Å². The molecule has 0 bridgehead atoms. The van der Waals surface area contributed by atoms with E-state index in [1.807, 2.05) is 6.08 Å². The van der Waals surface area contributed by atoms with Crippen molar-refractivity contribution < 1.29 is 50.6 Å². The maximum Gasteiger partial charge on any atom is 0.410 e. The molecule has 14 nitrogen and oxygen atoms in total. The lowest BCUT2D eigenvalue weighted by Crippen LogP contribution is -2.58. The van der Waals surface area contributed by atoms with Gasteiger partial charge in [-0.3, -0.25) is 19.3 Å². The Morgan fingerprint density at radius 3 is 2.52 bits per heavy atom. The second kappa shape index (κ2) is 15.8. The average molecular weight is 800 g/mol. The van der Waals surface area contributed by atoms with Crippen molar-refractivity contribution in [3.63, 3.8) is 0 Å². The third-order valence-electron chi connectivity index (χ3n) is 10.4. The summed E-state index contributed by atoms with van der Waals surface area (Å²) in [7, 11) is -4.51. The summed E-state index contributed by atoms with van der Waals surface area (Å²) < 4.78 is 68.3. The van der Waals surface area contributed by atoms with E-state index in [0.29, 0.717) is 36.8 Å². The number of allylic oxidation sites excluding steroid dienone is 1. The summed E-state index contributed by atoms with van der Waals surface area (Å²) in [6, 6.07) is 5.13. The van der Waals surface area contributed by atoms with Gasteiger partial charge in [0.2, 0.25) is 11.8 Å². The van der Waals surface area contributed by atoms with Crippen LogP contribution < -0.4 is 15.4 Å². The fraction of sp³-hybridized carbons (Fsp3) is 0.513. The van der Waals surface area contributed by atoms with Crippen molar-refractivity contribution in [2.24, 2.45) is 5.92 Å². The minimum Gasteiger partial charge on any atom is -0.444 e. The van der Waals surface area contributed by atoms with Crippen LogP contribution in [0.5, 0.6) is 0 Å². The first-order valence-electron chi connectivity index (χ1n) is 18.7. The van der Waals surface area contributed by atoms with Gasteiger partial charge in [0.05, 0.1) is 18.0 Å². The number of amides is 5. The van der Waals surface area contributed by atoms with Crippen molar-refractivity contribution in [1.82, 2.24) is 25.2 Å². The van der Waals surface area contributed by atoms with E-state index in [-0.39, 0.29) is 49.4 Å². The van der Waals surface area contributed by atoms with Gasteiger partial charge in [0.15, 0.2) is 0 Å². The number of nitrogens with zero attached hydrogens (tertiary/aromatic N) is 2. The van der Waals surface area contributed by atoms with Gasteiger partial charge in [-0.25, -0.2) is 31.5 Å². The molecule has 0 aromatic heterocycles. The number of carbonyl (C=O) groups is 5. The molecule has 5 atom stereocenters. The summed E-state index contributed by atoms with van der Waals surface area (Å²) in [6.45, 7) is 6.23. The van der Waals surface area contributed by atoms with Crippen LogP contribution in [0.3, 0.4) is 0 Å². The Kier molecular flexibility index (Phi) is 11.5. The number of ether oxygens (including phenoxy) is 2. The standard InChI is InChI=1S/C39H47F2N5O9S/c1-23-17-26(40)15-16-32(23)56(52,53)44-35(49)39-19-25(39)12-8-6-5-7-9-14-30(42-36(50)55-38(2,3)4)34(48)46-21-27(18-31(46)33(47)43-39)54-37(51)45-20-24-11-10-13-29(41)28(24)22-45/h8,10-13,15-17,25,27,30-31H,5-7,9,14,18-22H2,1-4H3,(H,42,50)(H,43,47)(H,44,49)/t25-,27-,30+,31+,39-/m1/s1. The molecular weight excluding hydrogens is 753 g/mol. The Balaban J connectivity index is 1.27. The van der Waals surface area contributed by atoms with E-state index in [9.17, 15) is 41.2 Å². The lowest BCUT2D eigenvalue weighted by atomic mass is 10.0. The molecule has 2 aromatic carbocycles. The molecule has 3 heterocycles. The van der Waals surface area contributed by atoms with Gasteiger partial charge in [-0.15, -0.1) is 0 Å². The molecule has 0 unspecified atom stereocenters. The van der Waals surface area contributed by atoms with Gasteiger partial charge in [0.25, 0.3) is 15.9 Å². The fourth-order valence-corrected chi connectivity index (χ4v) is 8.79. The van der Waals surface area contributed by atoms with Crippen molar-refractivity contribution in [3.8, 4) is 0 Å². The van der Waals surface area contributed by atoms with E-state index < -0.39 is 86.8 Å². The lowest BCUT2D eigenvalue weighted by molar-refractivity contribution is -0.141. The monoisotopic (exact) mass is 799 g/mol. The zero-order valence-electron chi connectivity index (χ0n) is 31.7. The number of nitrogens with one attached hydrogen (secondary N) is 3. The first kappa shape index (κ1) is 40.6. The predicted octanol–water partition coefficient (Wildman–Crippen LogP) is 4.49. The summed E-state index contributed by atoms with van der Waals surface area (Å²) in [4.78, 5) is 71.2. The third kappa shape index (κ3) is 8.98. The molecule has 0 spiro atoms. The topological polar surface area (TPSA) is 181 Å². The fourth-order valence-electron chi connectivity index (χ4n) is 7.52. The number of halogens is 2. The minimum atomic E-state index is -4.51. The Hall–Kier alpha value is -5.06. The number of rotatable bonds is 5. The van der Waals surface area contributed by atoms with E-state index in [2.05, 4.69) is 15.4 Å². The first-order chi connectivity index (χ1) is 26.4. The highest BCUT2D eigenvalue weighted by Crippen LogP contribution is 2.46. The van der Waals surface area contributed by atoms with Crippen LogP contribution in [-0.4, -0.2) is 84.0 Å². The Bertz CT molecular complexity index is 2060. The van der Waals surface area contributed by atoms with Gasteiger partial charge in [-0.05, 0) is 88.8 Å². The highest BCUT2D eigenvalue weighted by atomic mass is 32.2. The van der Waals surface area contributed by atoms with Crippen LogP contribution in [0.4, 0.5) is 18.4 Å². The third-order valence-corrected chi connectivity index (χ3v) is 11.9. The molecule has 4 aliphatic rings. The van der Waals surface area contributed by atoms with Crippen LogP contribution in [0, 0.1) is 24.5 Å². The molecule has 2 fully saturated rings. The summed E-state index contributed by atoms with van der Waals surface area (Å²) in [5.74, 6) is -4.17. The van der Waals surface area contributed by atoms with E-state index in [1.165, 1.54) is 22.8 Å². The molecule has 302 valence electrons. The van der Waals surface area contributed by atoms with Crippen LogP contribution in [0.1, 0.15) is 82.4 Å². The van der Waals surface area contributed by atoms with Crippen LogP contribution in [0.15, 0.2) is 53.4 Å². The largest absolute Gasteiger partial charge is 0.444 e. The van der Waals surface area contributed by atoms with Crippen LogP contribution in [0.2, 0.25) is 0 Å². The average Bonchev–Trinajstić information content (AvgIpc) is 3.40. The molecule has 3 N–H and O–H groups in total. The Labute approximate surface area is 324 Å². The molecule has 56 heavy (non-hydrogen) atoms. The van der Waals surface area contributed by atoms with Crippen LogP contribution in [-0.2, 0) is 47.0 Å². The second-order valence-corrected chi connectivity index (χ2v) is 17.5. The highest BCUT2D eigenvalue weighted by molar-refractivity contribution is 7.90. The number of hydrogen-bond acceptors (Lipinski definition) is 9. The second-order valence-electron chi connectivity index (χ2n) is 15.9. The van der Waals surface area contributed by atoms with Gasteiger partial charge in [0, 0.05) is 24.4 Å². The number of benzene rings is 2. The highest BCUT2D eigenvalue weighted by Gasteiger charge is 2.62. The lowest BCUT2D eigenvalue weighted by Gasteiger charge is -2.30. The van der Waals surface area contributed by atoms with Crippen LogP contribution in [0.25, 0.3) is 0 Å². The predicted molar refractivity (Wildman–Crippen MR) is 197 cm³/mol. The van der Waals surface area contributed by atoms with Gasteiger partial charge in [-0.2, -0.15) is 0 Å². The molecule has 1 saturated heterocycles. The van der Waals surface area contributed by atoms with Crippen molar-refractivity contribution in [2.75, 3.05) is 6.54 Å². The van der Waals surface area contributed by atoms with Gasteiger partial charge < -0.3 is 25.0 Å². The molecule has 1 aliphatic carbocycles. The van der Waals surface area contributed by atoms with Gasteiger partial charge in [-0.1, -0.05) is 37.1 Å². The van der Waals surface area contributed by atoms with E-state index in [4.69, 9.17) is 9.47 Å². The quantitative estimate of drug-likeness (QED) is 0.368. The zero-order valence-corrected chi connectivity index (χ0v) is 32.5. The Morgan fingerprint density at radius 2 is 1.80 bits per heavy atom. The molecule has 1 saturated carbocycles. The summed E-state index contributed by atoms with van der Waals surface area (Å²) in [5.41, 5.74) is -1.54. The number of sulfonamides is 1. The molecule has 5 amide bonds. The van der Waals surface area contributed by atoms with Crippen molar-refractivity contribution in [3.05, 3.63) is 76.9 Å². The number of hydrogen-bond donors (Lipinski definition) is 3. The first-order valence-corrected chi connectivity index (χ1v) is 20.2. The van der Waals surface area contributed by atoms with Crippen LogP contribution >= 0.6 is 0 Å².